The van der Waals surface area contributed by atoms with Gasteiger partial charge >= 0.3 is 0 Å². The van der Waals surface area contributed by atoms with Gasteiger partial charge in [-0.15, -0.1) is 0 Å². The molecule has 0 radical (unpaired) electrons. The second-order valence-corrected chi connectivity index (χ2v) is 2.94. The maximum Gasteiger partial charge on any atom is 0.0714 e. The first-order valence-electron chi connectivity index (χ1n) is 4.34. The van der Waals surface area contributed by atoms with Crippen LogP contribution in [-0.2, 0) is 6.42 Å². The molecule has 0 bridgehead atoms. The molecule has 0 amide bonds. The largest absolute Gasteiger partial charge is 0.370 e. The van der Waals surface area contributed by atoms with Gasteiger partial charge in [-0.05, 0) is 25.0 Å². The second-order valence-electron chi connectivity index (χ2n) is 2.94. The van der Waals surface area contributed by atoms with Crippen molar-refractivity contribution >= 4 is 5.69 Å². The van der Waals surface area contributed by atoms with Crippen LogP contribution in [0, 0.1) is 0 Å². The number of rotatable bonds is 3. The summed E-state index contributed by atoms with van der Waals surface area (Å²) < 4.78 is 0. The minimum Gasteiger partial charge on any atom is -0.370 e. The van der Waals surface area contributed by atoms with Crippen LogP contribution in [0.2, 0.25) is 0 Å². The highest BCUT2D eigenvalue weighted by Crippen LogP contribution is 2.15. The summed E-state index contributed by atoms with van der Waals surface area (Å²) in [6, 6.07) is 8.24. The van der Waals surface area contributed by atoms with Crippen molar-refractivity contribution in [3.05, 3.63) is 29.8 Å². The number of anilines is 1. The van der Waals surface area contributed by atoms with Crippen molar-refractivity contribution in [2.75, 3.05) is 5.32 Å². The third-order valence-electron chi connectivity index (χ3n) is 1.78. The molecule has 0 fully saturated rings. The standard InChI is InChI=1S/C10H16N2/c1-3-9-6-4-5-7-10(9)12-8(2)11/h4-8,12H,3,11H2,1-2H3. The zero-order valence-corrected chi connectivity index (χ0v) is 7.67. The fourth-order valence-corrected chi connectivity index (χ4v) is 1.21. The number of nitrogens with one attached hydrogen (secondary N) is 1. The molecule has 2 heteroatoms. The van der Waals surface area contributed by atoms with E-state index in [1.807, 2.05) is 19.1 Å². The summed E-state index contributed by atoms with van der Waals surface area (Å²) in [6.45, 7) is 4.08. The van der Waals surface area contributed by atoms with Crippen LogP contribution in [0.3, 0.4) is 0 Å². The Morgan fingerprint density at radius 2 is 2.08 bits per heavy atom. The normalized spacial score (nSPS) is 12.6. The Balaban J connectivity index is 2.82. The van der Waals surface area contributed by atoms with E-state index >= 15 is 0 Å². The molecule has 3 N–H and O–H groups in total. The predicted octanol–water partition coefficient (Wildman–Crippen LogP) is 1.97. The molecule has 0 spiro atoms. The van der Waals surface area contributed by atoms with Crippen molar-refractivity contribution in [1.82, 2.24) is 0 Å². The van der Waals surface area contributed by atoms with Crippen LogP contribution >= 0.6 is 0 Å². The van der Waals surface area contributed by atoms with Gasteiger partial charge in [0.1, 0.15) is 0 Å². The van der Waals surface area contributed by atoms with Crippen LogP contribution in [0.4, 0.5) is 5.69 Å². The molecular formula is C10H16N2. The number of aryl methyl sites for hydroxylation is 1. The van der Waals surface area contributed by atoms with Gasteiger partial charge in [0.15, 0.2) is 0 Å². The summed E-state index contributed by atoms with van der Waals surface area (Å²) in [4.78, 5) is 0. The minimum atomic E-state index is 0.0118. The highest BCUT2D eigenvalue weighted by Gasteiger charge is 1.99. The van der Waals surface area contributed by atoms with Crippen LogP contribution in [0.1, 0.15) is 19.4 Å². The maximum absolute atomic E-state index is 5.64. The molecule has 0 heterocycles. The van der Waals surface area contributed by atoms with Crippen LogP contribution < -0.4 is 11.1 Å². The van der Waals surface area contributed by atoms with Crippen LogP contribution in [0.15, 0.2) is 24.3 Å². The van der Waals surface area contributed by atoms with Crippen LogP contribution in [-0.4, -0.2) is 6.17 Å². The molecular weight excluding hydrogens is 148 g/mol. The highest BCUT2D eigenvalue weighted by atomic mass is 15.0. The first-order valence-corrected chi connectivity index (χ1v) is 4.34. The van der Waals surface area contributed by atoms with Crippen LogP contribution in [0.5, 0.6) is 0 Å². The number of hydrogen-bond acceptors (Lipinski definition) is 2. The summed E-state index contributed by atoms with van der Waals surface area (Å²) in [5, 5.41) is 3.20. The van der Waals surface area contributed by atoms with Gasteiger partial charge in [0.05, 0.1) is 6.17 Å². The third kappa shape index (κ3) is 2.24. The Hall–Kier alpha value is -1.02. The molecule has 0 aromatic heterocycles. The van der Waals surface area contributed by atoms with E-state index in [0.29, 0.717) is 0 Å². The number of nitrogens with two attached hydrogens (primary N) is 1. The second kappa shape index (κ2) is 4.12. The van der Waals surface area contributed by atoms with Gasteiger partial charge in [-0.2, -0.15) is 0 Å². The molecule has 1 rings (SSSR count). The first-order chi connectivity index (χ1) is 5.74. The van der Waals surface area contributed by atoms with Gasteiger partial charge < -0.3 is 11.1 Å². The topological polar surface area (TPSA) is 38.0 Å². The van der Waals surface area contributed by atoms with Crippen molar-refractivity contribution in [2.24, 2.45) is 5.73 Å². The van der Waals surface area contributed by atoms with Crippen molar-refractivity contribution in [3.8, 4) is 0 Å². The molecule has 12 heavy (non-hydrogen) atoms. The molecule has 1 aromatic rings. The minimum absolute atomic E-state index is 0.0118. The Kier molecular flexibility index (Phi) is 3.11. The fourth-order valence-electron chi connectivity index (χ4n) is 1.21. The Morgan fingerprint density at radius 3 is 2.67 bits per heavy atom. The summed E-state index contributed by atoms with van der Waals surface area (Å²) in [5.41, 5.74) is 8.10. The summed E-state index contributed by atoms with van der Waals surface area (Å²) in [7, 11) is 0. The molecule has 0 saturated carbocycles. The van der Waals surface area contributed by atoms with Gasteiger partial charge in [-0.1, -0.05) is 25.1 Å². The van der Waals surface area contributed by atoms with E-state index in [4.69, 9.17) is 5.73 Å². The van der Waals surface area contributed by atoms with E-state index < -0.39 is 0 Å². The fraction of sp³-hybridized carbons (Fsp3) is 0.400. The van der Waals surface area contributed by atoms with E-state index in [1.165, 1.54) is 5.56 Å². The summed E-state index contributed by atoms with van der Waals surface area (Å²) in [6.07, 6.45) is 1.05. The van der Waals surface area contributed by atoms with Crippen molar-refractivity contribution in [1.29, 1.82) is 0 Å². The zero-order valence-electron chi connectivity index (χ0n) is 7.67. The highest BCUT2D eigenvalue weighted by molar-refractivity contribution is 5.51. The van der Waals surface area contributed by atoms with E-state index in [1.54, 1.807) is 0 Å². The molecule has 0 aliphatic heterocycles. The van der Waals surface area contributed by atoms with Crippen molar-refractivity contribution in [3.63, 3.8) is 0 Å². The van der Waals surface area contributed by atoms with E-state index in [9.17, 15) is 0 Å². The lowest BCUT2D eigenvalue weighted by molar-refractivity contribution is 0.848. The number of benzene rings is 1. The smallest absolute Gasteiger partial charge is 0.0714 e. The molecule has 0 saturated heterocycles. The molecule has 66 valence electrons. The lowest BCUT2D eigenvalue weighted by Crippen LogP contribution is -2.25. The molecule has 0 aliphatic carbocycles. The van der Waals surface area contributed by atoms with E-state index in [0.717, 1.165) is 12.1 Å². The Morgan fingerprint density at radius 1 is 1.42 bits per heavy atom. The van der Waals surface area contributed by atoms with Gasteiger partial charge in [0, 0.05) is 5.69 Å². The molecule has 0 aliphatic rings. The van der Waals surface area contributed by atoms with Crippen molar-refractivity contribution in [2.45, 2.75) is 26.4 Å². The Bertz CT molecular complexity index is 243. The van der Waals surface area contributed by atoms with Gasteiger partial charge in [0.2, 0.25) is 0 Å². The van der Waals surface area contributed by atoms with Gasteiger partial charge in [-0.25, -0.2) is 0 Å². The molecule has 1 unspecified atom stereocenters. The SMILES string of the molecule is CCc1ccccc1NC(C)N. The van der Waals surface area contributed by atoms with Gasteiger partial charge in [0.25, 0.3) is 0 Å². The summed E-state index contributed by atoms with van der Waals surface area (Å²) in [5.74, 6) is 0. The van der Waals surface area contributed by atoms with Crippen molar-refractivity contribution < 1.29 is 0 Å². The number of hydrogen-bond donors (Lipinski definition) is 2. The van der Waals surface area contributed by atoms with Crippen LogP contribution in [0.25, 0.3) is 0 Å². The quantitative estimate of drug-likeness (QED) is 0.670. The lowest BCUT2D eigenvalue weighted by Gasteiger charge is -2.13. The number of para-hydroxylation sites is 1. The Labute approximate surface area is 73.8 Å². The molecule has 1 aromatic carbocycles. The predicted molar refractivity (Wildman–Crippen MR) is 53.1 cm³/mol. The lowest BCUT2D eigenvalue weighted by atomic mass is 10.1. The van der Waals surface area contributed by atoms with E-state index in [2.05, 4.69) is 24.4 Å². The monoisotopic (exact) mass is 164 g/mol. The molecule has 2 nitrogen and oxygen atoms in total. The van der Waals surface area contributed by atoms with E-state index in [-0.39, 0.29) is 6.17 Å². The van der Waals surface area contributed by atoms with Gasteiger partial charge in [-0.3, -0.25) is 0 Å². The maximum atomic E-state index is 5.64. The zero-order chi connectivity index (χ0) is 8.97. The third-order valence-corrected chi connectivity index (χ3v) is 1.78. The average Bonchev–Trinajstić information content (AvgIpc) is 2.04. The molecule has 1 atom stereocenters. The first kappa shape index (κ1) is 9.07. The average molecular weight is 164 g/mol. The summed E-state index contributed by atoms with van der Waals surface area (Å²) >= 11 is 0.